The van der Waals surface area contributed by atoms with Crippen LogP contribution < -0.4 is 10.1 Å². The Hall–Kier alpha value is -2.86. The molecule has 0 aliphatic heterocycles. The van der Waals surface area contributed by atoms with E-state index < -0.39 is 12.1 Å². The van der Waals surface area contributed by atoms with E-state index in [4.69, 9.17) is 9.47 Å². The summed E-state index contributed by atoms with van der Waals surface area (Å²) in [7, 11) is 0. The van der Waals surface area contributed by atoms with Gasteiger partial charge in [0.1, 0.15) is 5.75 Å². The smallest absolute Gasteiger partial charge is 0.345 e. The molecule has 1 unspecified atom stereocenters. The summed E-state index contributed by atoms with van der Waals surface area (Å²) in [5, 5.41) is 4.95. The zero-order chi connectivity index (χ0) is 20.2. The van der Waals surface area contributed by atoms with Gasteiger partial charge in [0.05, 0.1) is 4.47 Å². The summed E-state index contributed by atoms with van der Waals surface area (Å²) in [6, 6.07) is 20.8. The van der Waals surface area contributed by atoms with E-state index in [0.717, 1.165) is 28.1 Å². The highest BCUT2D eigenvalue weighted by atomic mass is 79.9. The molecule has 0 heterocycles. The number of amides is 1. The Morgan fingerprint density at radius 3 is 2.48 bits per heavy atom. The van der Waals surface area contributed by atoms with E-state index in [1.807, 2.05) is 48.5 Å². The van der Waals surface area contributed by atoms with Gasteiger partial charge in [-0.1, -0.05) is 60.7 Å². The second-order valence-corrected chi connectivity index (χ2v) is 7.74. The summed E-state index contributed by atoms with van der Waals surface area (Å²) in [4.78, 5) is 25.0. The fourth-order valence-electron chi connectivity index (χ4n) is 3.03. The van der Waals surface area contributed by atoms with E-state index in [-0.39, 0.29) is 18.6 Å². The summed E-state index contributed by atoms with van der Waals surface area (Å²) in [6.07, 6.45) is 0.925. The molecule has 1 saturated carbocycles. The van der Waals surface area contributed by atoms with Crippen LogP contribution in [0.25, 0.3) is 10.8 Å². The Bertz CT molecular complexity index is 1030. The molecule has 148 valence electrons. The molecule has 29 heavy (non-hydrogen) atoms. The number of esters is 1. The van der Waals surface area contributed by atoms with Crippen LogP contribution in [0.3, 0.4) is 0 Å². The first kappa shape index (κ1) is 19.5. The standard InChI is InChI=1S/C23H20BrNO4/c24-21-18-9-5-4-6-15(18)10-13-19(21)28-14-20(26)29-22(16-7-2-1-3-8-16)23(27)25-17-11-12-17/h1-10,13,17,22H,11-12,14H2,(H,25,27). The van der Waals surface area contributed by atoms with Crippen molar-refractivity contribution in [2.24, 2.45) is 0 Å². The van der Waals surface area contributed by atoms with Crippen molar-refractivity contribution in [2.45, 2.75) is 25.0 Å². The number of hydrogen-bond acceptors (Lipinski definition) is 4. The number of carbonyl (C=O) groups excluding carboxylic acids is 2. The highest BCUT2D eigenvalue weighted by Gasteiger charge is 2.30. The summed E-state index contributed by atoms with van der Waals surface area (Å²) >= 11 is 3.54. The van der Waals surface area contributed by atoms with Gasteiger partial charge in [-0.25, -0.2) is 4.79 Å². The quantitative estimate of drug-likeness (QED) is 0.533. The Balaban J connectivity index is 1.44. The van der Waals surface area contributed by atoms with Gasteiger partial charge in [-0.3, -0.25) is 4.79 Å². The average Bonchev–Trinajstić information content (AvgIpc) is 3.56. The maximum atomic E-state index is 12.6. The molecule has 3 aromatic carbocycles. The number of ether oxygens (including phenoxy) is 2. The third-order valence-electron chi connectivity index (χ3n) is 4.69. The third kappa shape index (κ3) is 4.77. The topological polar surface area (TPSA) is 64.6 Å². The molecule has 5 nitrogen and oxygen atoms in total. The summed E-state index contributed by atoms with van der Waals surface area (Å²) in [5.41, 5.74) is 0.630. The largest absolute Gasteiger partial charge is 0.481 e. The first-order valence-corrected chi connectivity index (χ1v) is 10.3. The van der Waals surface area contributed by atoms with Gasteiger partial charge in [-0.05, 0) is 45.6 Å². The molecule has 1 aliphatic rings. The van der Waals surface area contributed by atoms with Gasteiger partial charge in [0.25, 0.3) is 5.91 Å². The minimum Gasteiger partial charge on any atom is -0.481 e. The molecule has 0 spiro atoms. The molecule has 0 saturated heterocycles. The number of fused-ring (bicyclic) bond motifs is 1. The Morgan fingerprint density at radius 1 is 1.00 bits per heavy atom. The normalized spacial score (nSPS) is 14.2. The van der Waals surface area contributed by atoms with Crippen LogP contribution in [0.15, 0.2) is 71.2 Å². The maximum Gasteiger partial charge on any atom is 0.345 e. The van der Waals surface area contributed by atoms with Crippen molar-refractivity contribution in [3.63, 3.8) is 0 Å². The Labute approximate surface area is 177 Å². The predicted octanol–water partition coefficient (Wildman–Crippen LogP) is 4.54. The van der Waals surface area contributed by atoms with Gasteiger partial charge >= 0.3 is 5.97 Å². The van der Waals surface area contributed by atoms with Crippen molar-refractivity contribution in [1.82, 2.24) is 5.32 Å². The molecule has 4 rings (SSSR count). The SMILES string of the molecule is O=C(COc1ccc2ccccc2c1Br)OC(C(=O)NC1CC1)c1ccccc1. The lowest BCUT2D eigenvalue weighted by Crippen LogP contribution is -2.34. The second kappa shape index (κ2) is 8.66. The number of halogens is 1. The Kier molecular flexibility index (Phi) is 5.81. The van der Waals surface area contributed by atoms with Crippen molar-refractivity contribution in [2.75, 3.05) is 6.61 Å². The molecule has 1 fully saturated rings. The van der Waals surface area contributed by atoms with Crippen molar-refractivity contribution in [1.29, 1.82) is 0 Å². The van der Waals surface area contributed by atoms with Gasteiger partial charge in [0.15, 0.2) is 6.61 Å². The van der Waals surface area contributed by atoms with E-state index in [2.05, 4.69) is 21.2 Å². The van der Waals surface area contributed by atoms with Gasteiger partial charge in [-0.2, -0.15) is 0 Å². The molecule has 1 aliphatic carbocycles. The van der Waals surface area contributed by atoms with E-state index in [0.29, 0.717) is 11.3 Å². The fraction of sp³-hybridized carbons (Fsp3) is 0.217. The van der Waals surface area contributed by atoms with Crippen molar-refractivity contribution in [3.05, 3.63) is 76.8 Å². The number of benzene rings is 3. The molecule has 0 radical (unpaired) electrons. The first-order chi connectivity index (χ1) is 14.1. The number of hydrogen-bond donors (Lipinski definition) is 1. The lowest BCUT2D eigenvalue weighted by atomic mass is 10.1. The summed E-state index contributed by atoms with van der Waals surface area (Å²) in [6.45, 7) is -0.295. The molecule has 1 N–H and O–H groups in total. The van der Waals surface area contributed by atoms with Crippen molar-refractivity contribution < 1.29 is 19.1 Å². The zero-order valence-corrected chi connectivity index (χ0v) is 17.2. The highest BCUT2D eigenvalue weighted by Crippen LogP contribution is 2.33. The van der Waals surface area contributed by atoms with E-state index in [1.54, 1.807) is 18.2 Å². The van der Waals surface area contributed by atoms with Crippen LogP contribution in [0.5, 0.6) is 5.75 Å². The van der Waals surface area contributed by atoms with Crippen molar-refractivity contribution in [3.8, 4) is 5.75 Å². The minimum atomic E-state index is -0.993. The highest BCUT2D eigenvalue weighted by molar-refractivity contribution is 9.10. The van der Waals surface area contributed by atoms with Crippen molar-refractivity contribution >= 4 is 38.6 Å². The lowest BCUT2D eigenvalue weighted by molar-refractivity contribution is -0.158. The van der Waals surface area contributed by atoms with E-state index in [9.17, 15) is 9.59 Å². The summed E-state index contributed by atoms with van der Waals surface area (Å²) in [5.74, 6) is -0.372. The molecule has 6 heteroatoms. The van der Waals surface area contributed by atoms with Crippen LogP contribution in [0, 0.1) is 0 Å². The molecular formula is C23H20BrNO4. The molecule has 0 aromatic heterocycles. The van der Waals surface area contributed by atoms with Gasteiger partial charge < -0.3 is 14.8 Å². The summed E-state index contributed by atoms with van der Waals surface area (Å²) < 4.78 is 11.9. The minimum absolute atomic E-state index is 0.178. The molecule has 3 aromatic rings. The number of carbonyl (C=O) groups is 2. The van der Waals surface area contributed by atoms with Crippen LogP contribution in [-0.4, -0.2) is 24.5 Å². The van der Waals surface area contributed by atoms with Gasteiger partial charge in [0, 0.05) is 11.6 Å². The first-order valence-electron chi connectivity index (χ1n) is 9.46. The zero-order valence-electron chi connectivity index (χ0n) is 15.6. The number of rotatable bonds is 7. The third-order valence-corrected chi connectivity index (χ3v) is 5.50. The van der Waals surface area contributed by atoms with Crippen LogP contribution in [-0.2, 0) is 14.3 Å². The van der Waals surface area contributed by atoms with Gasteiger partial charge in [0.2, 0.25) is 6.10 Å². The molecule has 0 bridgehead atoms. The maximum absolute atomic E-state index is 12.6. The molecule has 1 amide bonds. The van der Waals surface area contributed by atoms with Gasteiger partial charge in [-0.15, -0.1) is 0 Å². The molecular weight excluding hydrogens is 434 g/mol. The monoisotopic (exact) mass is 453 g/mol. The van der Waals surface area contributed by atoms with E-state index in [1.165, 1.54) is 0 Å². The second-order valence-electron chi connectivity index (χ2n) is 6.95. The van der Waals surface area contributed by atoms with Crippen LogP contribution in [0.2, 0.25) is 0 Å². The van der Waals surface area contributed by atoms with Crippen LogP contribution >= 0.6 is 15.9 Å². The Morgan fingerprint density at radius 2 is 1.72 bits per heavy atom. The lowest BCUT2D eigenvalue weighted by Gasteiger charge is -2.18. The van der Waals surface area contributed by atoms with E-state index >= 15 is 0 Å². The average molecular weight is 454 g/mol. The number of nitrogens with one attached hydrogen (secondary N) is 1. The molecule has 1 atom stereocenters. The fourth-order valence-corrected chi connectivity index (χ4v) is 3.64. The predicted molar refractivity (Wildman–Crippen MR) is 114 cm³/mol. The van der Waals surface area contributed by atoms with Crippen LogP contribution in [0.1, 0.15) is 24.5 Å². The van der Waals surface area contributed by atoms with Crippen LogP contribution in [0.4, 0.5) is 0 Å².